The second kappa shape index (κ2) is 27.7. The predicted octanol–water partition coefficient (Wildman–Crippen LogP) is 29.1. The number of benzene rings is 18. The molecule has 0 saturated heterocycles. The average molecular weight is 1620 g/mol. The average Bonchev–Trinajstić information content (AvgIpc) is 1.54. The van der Waals surface area contributed by atoms with Crippen LogP contribution in [0.3, 0.4) is 0 Å². The Morgan fingerprint density at radius 3 is 0.724 bits per heavy atom. The van der Waals surface area contributed by atoms with Crippen molar-refractivity contribution >= 4 is 153 Å². The number of fused-ring (bicyclic) bond motifs is 21. The van der Waals surface area contributed by atoms with E-state index in [0.717, 1.165) is 210 Å². The molecular weight excluding hydrogens is 1550 g/mol. The molecule has 18 aromatic carbocycles. The fourth-order valence-corrected chi connectivity index (χ4v) is 21.2. The van der Waals surface area contributed by atoms with E-state index < -0.39 is 0 Å². The molecule has 127 heavy (non-hydrogen) atoms. The Labute approximate surface area is 727 Å². The first-order valence-corrected chi connectivity index (χ1v) is 43.5. The molecule has 0 aliphatic carbocycles. The van der Waals surface area contributed by atoms with Crippen LogP contribution >= 0.6 is 0 Å². The molecule has 27 aromatic rings. The van der Waals surface area contributed by atoms with Crippen molar-refractivity contribution in [1.29, 1.82) is 0 Å². The Balaban J connectivity index is 0.901. The molecule has 0 spiro atoms. The van der Waals surface area contributed by atoms with Gasteiger partial charge >= 0.3 is 0 Å². The van der Waals surface area contributed by atoms with Crippen LogP contribution in [-0.4, -0.2) is 42.0 Å². The van der Waals surface area contributed by atoms with Crippen LogP contribution in [0.1, 0.15) is 0 Å². The van der Waals surface area contributed by atoms with Crippen molar-refractivity contribution in [2.75, 3.05) is 0 Å². The molecule has 27 rings (SSSR count). The first kappa shape index (κ1) is 70.5. The van der Waals surface area contributed by atoms with Crippen molar-refractivity contribution in [1.82, 2.24) is 42.0 Å². The van der Waals surface area contributed by atoms with Gasteiger partial charge in [0.2, 0.25) is 0 Å². The van der Waals surface area contributed by atoms with Gasteiger partial charge in [-0.05, 0) is 162 Å². The number of rotatable bonds is 12. The fourth-order valence-electron chi connectivity index (χ4n) is 21.2. The third-order valence-corrected chi connectivity index (χ3v) is 26.6. The molecule has 9 aromatic heterocycles. The van der Waals surface area contributed by atoms with Crippen LogP contribution in [0.2, 0.25) is 0 Å². The third-order valence-electron chi connectivity index (χ3n) is 26.6. The monoisotopic (exact) mass is 1620 g/mol. The highest BCUT2D eigenvalue weighted by molar-refractivity contribution is 6.19. The fraction of sp³-hybridized carbons (Fsp3) is 0. The van der Waals surface area contributed by atoms with E-state index in [-0.39, 0.29) is 0 Å². The molecule has 0 aliphatic heterocycles. The van der Waals surface area contributed by atoms with E-state index >= 15 is 0 Å². The summed E-state index contributed by atoms with van der Waals surface area (Å²) in [5.74, 6) is 2.27. The maximum absolute atomic E-state index is 6.25. The van der Waals surface area contributed by atoms with Crippen molar-refractivity contribution in [2.45, 2.75) is 0 Å². The largest absolute Gasteiger partial charge is 0.309 e. The first-order valence-electron chi connectivity index (χ1n) is 43.5. The van der Waals surface area contributed by atoms with Crippen LogP contribution in [0, 0.1) is 0 Å². The number of aromatic nitrogens is 10. The lowest BCUT2D eigenvalue weighted by Gasteiger charge is -2.28. The summed E-state index contributed by atoms with van der Waals surface area (Å²) >= 11 is 0. The van der Waals surface area contributed by atoms with Crippen LogP contribution in [0.5, 0.6) is 0 Å². The molecule has 590 valence electrons. The van der Waals surface area contributed by atoms with Crippen LogP contribution in [0.4, 0.5) is 0 Å². The Morgan fingerprint density at radius 1 is 0.165 bits per heavy atom. The molecule has 0 bridgehead atoms. The summed E-state index contributed by atoms with van der Waals surface area (Å²) in [6.07, 6.45) is 0. The molecule has 0 radical (unpaired) electrons. The van der Waals surface area contributed by atoms with Crippen molar-refractivity contribution in [3.63, 3.8) is 0 Å². The molecule has 9 heterocycles. The lowest BCUT2D eigenvalue weighted by Crippen LogP contribution is -2.51. The third kappa shape index (κ3) is 10.4. The van der Waals surface area contributed by atoms with E-state index in [4.69, 9.17) is 9.97 Å². The number of hydrogen-bond donors (Lipinski definition) is 0. The normalized spacial score (nSPS) is 12.1. The molecule has 0 N–H and O–H groups in total. The Hall–Kier alpha value is -17.2. The van der Waals surface area contributed by atoms with E-state index in [2.05, 4.69) is 480 Å². The second-order valence-corrected chi connectivity index (χ2v) is 33.3. The summed E-state index contributed by atoms with van der Waals surface area (Å²) in [6.45, 7) is 0. The summed E-state index contributed by atoms with van der Waals surface area (Å²) in [5, 5.41) is 15.7. The van der Waals surface area contributed by atoms with Gasteiger partial charge in [-0.15, -0.1) is 4.68 Å². The van der Waals surface area contributed by atoms with Crippen molar-refractivity contribution in [3.05, 3.63) is 443 Å². The standard InChI is InChI=1S/C117H73N10/c1-5-33-74(34-6-1)96-73-97(119-115(118-96)75-35-7-2-8-36-75)112-113(122-100-53-25-13-41-82(100)83-42-14-26-54-101(83)122)116(124-104-57-29-17-45-86(104)87-46-18-30-58-105(87)124)127(117(125-106-59-31-19-47-88(106)89-48-20-32-60-107(89)125)114(112)123-102-55-27-15-43-84(102)85-44-16-28-56-103(85)123)126-110-67-63-78(76-61-65-108-92(69-76)90-49-21-23-51-98(90)120(108)80-37-9-3-10-38-80)71-94(110)95-72-79(64-68-111(95)126)77-62-66-109-93(70-77)91-50-22-24-52-99(91)121(109)81-39-11-4-12-40-81/h1-73H/q+1. The zero-order chi connectivity index (χ0) is 83.1. The van der Waals surface area contributed by atoms with Crippen molar-refractivity contribution < 1.29 is 4.68 Å². The van der Waals surface area contributed by atoms with Gasteiger partial charge in [0.1, 0.15) is 33.4 Å². The summed E-state index contributed by atoms with van der Waals surface area (Å²) in [6, 6.07) is 164. The summed E-state index contributed by atoms with van der Waals surface area (Å²) in [4.78, 5) is 12.0. The molecule has 0 saturated carbocycles. The quantitative estimate of drug-likeness (QED) is 0.114. The van der Waals surface area contributed by atoms with Crippen LogP contribution in [0.25, 0.3) is 243 Å². The highest BCUT2D eigenvalue weighted by atomic mass is 15.5. The van der Waals surface area contributed by atoms with Gasteiger partial charge in [0, 0.05) is 97.9 Å². The van der Waals surface area contributed by atoms with Gasteiger partial charge in [-0.25, -0.2) is 19.1 Å². The topological polar surface area (TPSA) is 64.2 Å². The molecule has 10 heteroatoms. The highest BCUT2D eigenvalue weighted by Gasteiger charge is 2.42. The first-order chi connectivity index (χ1) is 63.1. The van der Waals surface area contributed by atoms with E-state index in [1.54, 1.807) is 0 Å². The Bertz CT molecular complexity index is 8540. The smallest absolute Gasteiger partial charge is 0.282 e. The van der Waals surface area contributed by atoms with E-state index in [0.29, 0.717) is 11.5 Å². The predicted molar refractivity (Wildman–Crippen MR) is 526 cm³/mol. The molecule has 0 atom stereocenters. The van der Waals surface area contributed by atoms with E-state index in [9.17, 15) is 0 Å². The Kier molecular flexibility index (Phi) is 15.3. The summed E-state index contributed by atoms with van der Waals surface area (Å²) in [7, 11) is 0. The molecular formula is C117H73N10+. The van der Waals surface area contributed by atoms with Crippen molar-refractivity contribution in [3.8, 4) is 90.5 Å². The van der Waals surface area contributed by atoms with Crippen LogP contribution in [0.15, 0.2) is 443 Å². The van der Waals surface area contributed by atoms with Crippen LogP contribution < -0.4 is 4.68 Å². The molecule has 0 unspecified atom stereocenters. The van der Waals surface area contributed by atoms with Gasteiger partial charge in [0.25, 0.3) is 11.6 Å². The van der Waals surface area contributed by atoms with Gasteiger partial charge in [-0.3, -0.25) is 0 Å². The lowest BCUT2D eigenvalue weighted by atomic mass is 9.98. The lowest BCUT2D eigenvalue weighted by molar-refractivity contribution is -0.708. The minimum atomic E-state index is 0.586. The van der Waals surface area contributed by atoms with Gasteiger partial charge < -0.3 is 18.3 Å². The second-order valence-electron chi connectivity index (χ2n) is 33.3. The van der Waals surface area contributed by atoms with Gasteiger partial charge in [-0.2, -0.15) is 4.68 Å². The maximum atomic E-state index is 6.25. The molecule has 0 fully saturated rings. The maximum Gasteiger partial charge on any atom is 0.282 e. The number of para-hydroxylation sites is 12. The zero-order valence-electron chi connectivity index (χ0n) is 68.6. The molecule has 0 amide bonds. The van der Waals surface area contributed by atoms with E-state index in [1.165, 1.54) is 21.5 Å². The minimum absolute atomic E-state index is 0.586. The van der Waals surface area contributed by atoms with Crippen molar-refractivity contribution in [2.24, 2.45) is 0 Å². The highest BCUT2D eigenvalue weighted by Crippen LogP contribution is 2.51. The van der Waals surface area contributed by atoms with Gasteiger partial charge in [-0.1, -0.05) is 303 Å². The van der Waals surface area contributed by atoms with Crippen LogP contribution in [-0.2, 0) is 0 Å². The SMILES string of the molecule is c1ccc(-c2cc(-c3c(-n4c5ccccc5c5ccccc54)c(-n4c5ccccc5c5ccccc54)[n+](-n4c5ccc(-c6ccc7c(c6)c6ccccc6n7-c6ccccc6)cc5c5cc(-c6ccc7c(c6)c6ccccc6n7-c6ccccc6)ccc54)c(-n4c5ccccc5c5ccccc54)c3-n3c4ccccc4c4ccccc43)nc(-c3ccccc3)n2)cc1. The van der Waals surface area contributed by atoms with E-state index in [1.807, 2.05) is 0 Å². The number of hydrogen-bond acceptors (Lipinski definition) is 2. The number of nitrogens with zero attached hydrogens (tertiary/aromatic N) is 10. The zero-order valence-corrected chi connectivity index (χ0v) is 68.6. The summed E-state index contributed by atoms with van der Waals surface area (Å²) in [5.41, 5.74) is 27.2. The Morgan fingerprint density at radius 2 is 0.402 bits per heavy atom. The van der Waals surface area contributed by atoms with Gasteiger partial charge in [0.05, 0.1) is 72.1 Å². The molecule has 10 nitrogen and oxygen atoms in total. The number of pyridine rings is 1. The summed E-state index contributed by atoms with van der Waals surface area (Å²) < 4.78 is 20.5. The van der Waals surface area contributed by atoms with Gasteiger partial charge in [0.15, 0.2) is 5.82 Å². The minimum Gasteiger partial charge on any atom is -0.309 e. The molecule has 0 aliphatic rings.